The van der Waals surface area contributed by atoms with Crippen LogP contribution in [0.4, 0.5) is 18.9 Å². The number of aromatic nitrogens is 3. The minimum Gasteiger partial charge on any atom is -0.321 e. The molecule has 2 heterocycles. The summed E-state index contributed by atoms with van der Waals surface area (Å²) in [6.07, 6.45) is -4.66. The van der Waals surface area contributed by atoms with Gasteiger partial charge in [-0.2, -0.15) is 18.3 Å². The quantitative estimate of drug-likeness (QED) is 0.550. The van der Waals surface area contributed by atoms with Crippen LogP contribution < -0.4 is 5.32 Å². The second kappa shape index (κ2) is 6.71. The zero-order chi connectivity index (χ0) is 19.2. The lowest BCUT2D eigenvalue weighted by Crippen LogP contribution is -2.15. The predicted molar refractivity (Wildman–Crippen MR) is 94.8 cm³/mol. The lowest BCUT2D eigenvalue weighted by molar-refractivity contribution is -0.142. The number of aryl methyl sites for hydroxylation is 1. The van der Waals surface area contributed by atoms with Gasteiger partial charge in [0.05, 0.1) is 14.5 Å². The van der Waals surface area contributed by atoms with E-state index in [2.05, 4.69) is 31.3 Å². The molecule has 0 saturated heterocycles. The molecular formula is C15H8BrCl2F3N4O. The van der Waals surface area contributed by atoms with Crippen molar-refractivity contribution in [1.82, 2.24) is 14.6 Å². The van der Waals surface area contributed by atoms with Crippen LogP contribution >= 0.6 is 39.1 Å². The Kier molecular flexibility index (Phi) is 4.89. The molecule has 3 rings (SSSR count). The normalized spacial score (nSPS) is 11.8. The predicted octanol–water partition coefficient (Wildman–Crippen LogP) is 5.38. The Balaban J connectivity index is 2.06. The lowest BCUT2D eigenvalue weighted by atomic mass is 10.3. The Morgan fingerprint density at radius 1 is 1.23 bits per heavy atom. The lowest BCUT2D eigenvalue weighted by Gasteiger charge is -2.09. The van der Waals surface area contributed by atoms with Gasteiger partial charge in [-0.25, -0.2) is 9.50 Å². The van der Waals surface area contributed by atoms with Crippen molar-refractivity contribution in [3.05, 3.63) is 55.9 Å². The number of anilines is 1. The first-order valence-corrected chi connectivity index (χ1v) is 8.52. The van der Waals surface area contributed by atoms with Crippen LogP contribution in [0.3, 0.4) is 0 Å². The number of amides is 1. The third kappa shape index (κ3) is 3.51. The topological polar surface area (TPSA) is 59.3 Å². The van der Waals surface area contributed by atoms with Gasteiger partial charge in [0.25, 0.3) is 5.91 Å². The molecule has 5 nitrogen and oxygen atoms in total. The van der Waals surface area contributed by atoms with E-state index < -0.39 is 17.8 Å². The van der Waals surface area contributed by atoms with Crippen LogP contribution in [0.2, 0.25) is 10.0 Å². The van der Waals surface area contributed by atoms with Crippen molar-refractivity contribution in [3.63, 3.8) is 0 Å². The molecule has 1 aromatic carbocycles. The second-order valence-electron chi connectivity index (χ2n) is 5.26. The summed E-state index contributed by atoms with van der Waals surface area (Å²) in [6, 6.07) is 5.24. The molecule has 26 heavy (non-hydrogen) atoms. The number of alkyl halides is 3. The highest BCUT2D eigenvalue weighted by Gasteiger charge is 2.36. The zero-order valence-electron chi connectivity index (χ0n) is 12.8. The van der Waals surface area contributed by atoms with Crippen LogP contribution in [0, 0.1) is 6.92 Å². The fraction of sp³-hybridized carbons (Fsp3) is 0.133. The molecule has 0 radical (unpaired) electrons. The summed E-state index contributed by atoms with van der Waals surface area (Å²) >= 11 is 14.8. The molecule has 0 aliphatic carbocycles. The van der Waals surface area contributed by atoms with Gasteiger partial charge in [-0.05, 0) is 47.1 Å². The van der Waals surface area contributed by atoms with Gasteiger partial charge in [-0.15, -0.1) is 0 Å². The molecule has 2 aromatic heterocycles. The van der Waals surface area contributed by atoms with Gasteiger partial charge >= 0.3 is 6.18 Å². The number of fused-ring (bicyclic) bond motifs is 1. The highest BCUT2D eigenvalue weighted by atomic mass is 79.9. The number of hydrogen-bond acceptors (Lipinski definition) is 3. The zero-order valence-corrected chi connectivity index (χ0v) is 15.9. The number of carbonyl (C=O) groups excluding carboxylic acids is 1. The Morgan fingerprint density at radius 3 is 2.54 bits per heavy atom. The summed E-state index contributed by atoms with van der Waals surface area (Å²) in [5.74, 6) is -0.730. The summed E-state index contributed by atoms with van der Waals surface area (Å²) in [5, 5.41) is 6.79. The first-order chi connectivity index (χ1) is 12.1. The molecule has 0 spiro atoms. The first-order valence-electron chi connectivity index (χ1n) is 6.97. The van der Waals surface area contributed by atoms with Crippen LogP contribution in [0.15, 0.2) is 28.7 Å². The molecule has 11 heteroatoms. The minimum atomic E-state index is -4.66. The van der Waals surface area contributed by atoms with Crippen molar-refractivity contribution in [2.75, 3.05) is 5.32 Å². The molecule has 136 valence electrons. The van der Waals surface area contributed by atoms with Crippen LogP contribution in [0.1, 0.15) is 21.9 Å². The maximum Gasteiger partial charge on any atom is 0.433 e. The number of carbonyl (C=O) groups is 1. The van der Waals surface area contributed by atoms with E-state index >= 15 is 0 Å². The van der Waals surface area contributed by atoms with Crippen LogP contribution in [0.5, 0.6) is 0 Å². The van der Waals surface area contributed by atoms with Gasteiger partial charge in [0.15, 0.2) is 11.3 Å². The van der Waals surface area contributed by atoms with Crippen molar-refractivity contribution in [2.45, 2.75) is 13.1 Å². The van der Waals surface area contributed by atoms with E-state index in [-0.39, 0.29) is 26.5 Å². The average Bonchev–Trinajstić information content (AvgIpc) is 2.86. The molecule has 0 aliphatic rings. The number of nitrogens with zero attached hydrogens (tertiary/aromatic N) is 3. The minimum absolute atomic E-state index is 0.0456. The van der Waals surface area contributed by atoms with Gasteiger partial charge in [0.1, 0.15) is 5.69 Å². The Labute approximate surface area is 163 Å². The third-order valence-corrected chi connectivity index (χ3v) is 4.81. The summed E-state index contributed by atoms with van der Waals surface area (Å²) in [5.41, 5.74) is -0.944. The molecule has 0 fully saturated rings. The summed E-state index contributed by atoms with van der Waals surface area (Å²) in [7, 11) is 0. The summed E-state index contributed by atoms with van der Waals surface area (Å²) in [4.78, 5) is 16.5. The molecule has 3 aromatic rings. The van der Waals surface area contributed by atoms with Crippen molar-refractivity contribution in [3.8, 4) is 0 Å². The fourth-order valence-electron chi connectivity index (χ4n) is 2.22. The Morgan fingerprint density at radius 2 is 1.92 bits per heavy atom. The van der Waals surface area contributed by atoms with E-state index in [1.54, 1.807) is 0 Å². The number of benzene rings is 1. The standard InChI is InChI=1S/C15H8BrCl2F3N4O/c1-6-4-10(15(19,20)21)25-13(22-6)11(16)12(24-25)14(26)23-7-2-3-8(17)9(18)5-7/h2-5H,1H3,(H,23,26). The van der Waals surface area contributed by atoms with Gasteiger partial charge in [-0.3, -0.25) is 4.79 Å². The van der Waals surface area contributed by atoms with Crippen molar-refractivity contribution in [2.24, 2.45) is 0 Å². The average molecular weight is 468 g/mol. The molecule has 0 bridgehead atoms. The Bertz CT molecular complexity index is 1040. The van der Waals surface area contributed by atoms with Gasteiger partial charge < -0.3 is 5.32 Å². The van der Waals surface area contributed by atoms with Gasteiger partial charge in [0.2, 0.25) is 0 Å². The maximum atomic E-state index is 13.2. The highest BCUT2D eigenvalue weighted by Crippen LogP contribution is 2.33. The van der Waals surface area contributed by atoms with Crippen LogP contribution in [0.25, 0.3) is 5.65 Å². The van der Waals surface area contributed by atoms with E-state index in [1.165, 1.54) is 25.1 Å². The molecule has 0 aliphatic heterocycles. The van der Waals surface area contributed by atoms with Crippen molar-refractivity contribution >= 4 is 56.4 Å². The van der Waals surface area contributed by atoms with Gasteiger partial charge in [0, 0.05) is 11.4 Å². The monoisotopic (exact) mass is 466 g/mol. The van der Waals surface area contributed by atoms with Crippen LogP contribution in [-0.4, -0.2) is 20.5 Å². The van der Waals surface area contributed by atoms with E-state index in [4.69, 9.17) is 23.2 Å². The van der Waals surface area contributed by atoms with E-state index in [0.717, 1.165) is 6.07 Å². The maximum absolute atomic E-state index is 13.2. The van der Waals surface area contributed by atoms with Gasteiger partial charge in [-0.1, -0.05) is 23.2 Å². The first kappa shape index (κ1) is 18.9. The van der Waals surface area contributed by atoms with Crippen molar-refractivity contribution in [1.29, 1.82) is 0 Å². The Hall–Kier alpha value is -1.84. The number of hydrogen-bond donors (Lipinski definition) is 1. The summed E-state index contributed by atoms with van der Waals surface area (Å²) in [6.45, 7) is 1.42. The van der Waals surface area contributed by atoms with Crippen LogP contribution in [-0.2, 0) is 6.18 Å². The van der Waals surface area contributed by atoms with Crippen molar-refractivity contribution < 1.29 is 18.0 Å². The number of halogens is 6. The summed E-state index contributed by atoms with van der Waals surface area (Å²) < 4.78 is 40.3. The smallest absolute Gasteiger partial charge is 0.321 e. The second-order valence-corrected chi connectivity index (χ2v) is 6.87. The number of nitrogens with one attached hydrogen (secondary N) is 1. The largest absolute Gasteiger partial charge is 0.433 e. The molecule has 0 saturated carbocycles. The number of rotatable bonds is 2. The van der Waals surface area contributed by atoms with E-state index in [0.29, 0.717) is 15.2 Å². The highest BCUT2D eigenvalue weighted by molar-refractivity contribution is 9.10. The van der Waals surface area contributed by atoms with E-state index in [9.17, 15) is 18.0 Å². The molecule has 1 amide bonds. The molecular weight excluding hydrogens is 460 g/mol. The molecule has 0 unspecified atom stereocenters. The molecule has 0 atom stereocenters. The molecule has 1 N–H and O–H groups in total. The fourth-order valence-corrected chi connectivity index (χ4v) is 3.04. The SMILES string of the molecule is Cc1cc(C(F)(F)F)n2nc(C(=O)Nc3ccc(Cl)c(Cl)c3)c(Br)c2n1. The van der Waals surface area contributed by atoms with E-state index in [1.807, 2.05) is 0 Å². The third-order valence-electron chi connectivity index (χ3n) is 3.34.